The Morgan fingerprint density at radius 1 is 1.25 bits per heavy atom. The average molecular weight is 282 g/mol. The summed E-state index contributed by atoms with van der Waals surface area (Å²) in [6.07, 6.45) is 3.05. The van der Waals surface area contributed by atoms with Gasteiger partial charge in [-0.3, -0.25) is 0 Å². The first-order valence-electron chi connectivity index (χ1n) is 7.33. The third-order valence-electron chi connectivity index (χ3n) is 3.69. The number of aliphatic hydroxyl groups is 1. The van der Waals surface area contributed by atoms with E-state index >= 15 is 0 Å². The van der Waals surface area contributed by atoms with Gasteiger partial charge in [0.2, 0.25) is 0 Å². The van der Waals surface area contributed by atoms with Crippen LogP contribution in [-0.4, -0.2) is 37.4 Å². The average Bonchev–Trinajstić information content (AvgIpc) is 2.44. The molecule has 3 nitrogen and oxygen atoms in total. The van der Waals surface area contributed by atoms with Crippen molar-refractivity contribution in [1.82, 2.24) is 5.32 Å². The number of benzene rings is 1. The molecule has 20 heavy (non-hydrogen) atoms. The van der Waals surface area contributed by atoms with Crippen LogP contribution in [0, 0.1) is 5.82 Å². The van der Waals surface area contributed by atoms with E-state index < -0.39 is 0 Å². The number of halogens is 1. The van der Waals surface area contributed by atoms with Crippen molar-refractivity contribution in [1.29, 1.82) is 0 Å². The van der Waals surface area contributed by atoms with E-state index in [0.717, 1.165) is 38.0 Å². The van der Waals surface area contributed by atoms with E-state index in [2.05, 4.69) is 24.1 Å². The van der Waals surface area contributed by atoms with Crippen LogP contribution in [0.3, 0.4) is 0 Å². The van der Waals surface area contributed by atoms with Crippen LogP contribution >= 0.6 is 0 Å². The molecule has 0 fully saturated rings. The second kappa shape index (κ2) is 8.22. The zero-order chi connectivity index (χ0) is 15.0. The van der Waals surface area contributed by atoms with Crippen LogP contribution in [0.1, 0.15) is 33.1 Å². The normalized spacial score (nSPS) is 14.1. The highest BCUT2D eigenvalue weighted by atomic mass is 19.1. The minimum atomic E-state index is -0.202. The van der Waals surface area contributed by atoms with Gasteiger partial charge >= 0.3 is 0 Å². The van der Waals surface area contributed by atoms with Gasteiger partial charge in [0.05, 0.1) is 6.61 Å². The maximum atomic E-state index is 12.9. The second-order valence-corrected chi connectivity index (χ2v) is 5.60. The molecule has 0 heterocycles. The van der Waals surface area contributed by atoms with Crippen molar-refractivity contribution < 1.29 is 9.50 Å². The van der Waals surface area contributed by atoms with Crippen molar-refractivity contribution >= 4 is 5.69 Å². The quantitative estimate of drug-likeness (QED) is 0.684. The van der Waals surface area contributed by atoms with Crippen LogP contribution < -0.4 is 10.2 Å². The van der Waals surface area contributed by atoms with Gasteiger partial charge in [0.25, 0.3) is 0 Å². The van der Waals surface area contributed by atoms with Gasteiger partial charge < -0.3 is 15.3 Å². The van der Waals surface area contributed by atoms with Gasteiger partial charge in [0.1, 0.15) is 5.82 Å². The monoisotopic (exact) mass is 282 g/mol. The lowest BCUT2D eigenvalue weighted by Crippen LogP contribution is -2.45. The molecule has 0 aliphatic rings. The van der Waals surface area contributed by atoms with Gasteiger partial charge in [0, 0.05) is 24.8 Å². The molecule has 0 saturated carbocycles. The summed E-state index contributed by atoms with van der Waals surface area (Å²) < 4.78 is 12.9. The van der Waals surface area contributed by atoms with E-state index in [1.54, 1.807) is 12.1 Å². The number of nitrogens with zero attached hydrogens (tertiary/aromatic N) is 1. The number of hydrogen-bond donors (Lipinski definition) is 2. The van der Waals surface area contributed by atoms with Gasteiger partial charge in [-0.15, -0.1) is 0 Å². The zero-order valence-electron chi connectivity index (χ0n) is 12.8. The lowest BCUT2D eigenvalue weighted by molar-refractivity contribution is 0.165. The second-order valence-electron chi connectivity index (χ2n) is 5.60. The van der Waals surface area contributed by atoms with Crippen LogP contribution in [0.25, 0.3) is 0 Å². The van der Waals surface area contributed by atoms with E-state index in [0.29, 0.717) is 0 Å². The number of nitrogens with one attached hydrogen (secondary N) is 1. The lowest BCUT2D eigenvalue weighted by atomic mass is 9.95. The molecule has 0 saturated heterocycles. The molecule has 1 aromatic rings. The number of aliphatic hydroxyl groups excluding tert-OH is 1. The predicted octanol–water partition coefficient (Wildman–Crippen LogP) is 2.79. The molecule has 1 aromatic carbocycles. The Kier molecular flexibility index (Phi) is 6.96. The summed E-state index contributed by atoms with van der Waals surface area (Å²) in [5.41, 5.74) is 0.853. The molecule has 0 aliphatic carbocycles. The number of unbranched alkanes of at least 4 members (excludes halogenated alkanes) is 1. The number of hydrogen-bond acceptors (Lipinski definition) is 3. The maximum Gasteiger partial charge on any atom is 0.123 e. The molecule has 0 radical (unpaired) electrons. The molecule has 0 aliphatic heterocycles. The minimum Gasteiger partial charge on any atom is -0.394 e. The third-order valence-corrected chi connectivity index (χ3v) is 3.69. The van der Waals surface area contributed by atoms with Gasteiger partial charge in [-0.2, -0.15) is 0 Å². The van der Waals surface area contributed by atoms with Crippen LogP contribution in [0.2, 0.25) is 0 Å². The first-order chi connectivity index (χ1) is 9.50. The van der Waals surface area contributed by atoms with Gasteiger partial charge in [0.15, 0.2) is 0 Å². The minimum absolute atomic E-state index is 0.161. The molecule has 0 bridgehead atoms. The lowest BCUT2D eigenvalue weighted by Gasteiger charge is -2.28. The standard InChI is InChI=1S/C16H27FN2O/c1-4-18-16(2,13-20)11-5-6-12-19(3)15-9-7-14(17)8-10-15/h7-10,18,20H,4-6,11-13H2,1-3H3. The Bertz CT molecular complexity index is 383. The summed E-state index contributed by atoms with van der Waals surface area (Å²) in [4.78, 5) is 2.13. The van der Waals surface area contributed by atoms with Crippen molar-refractivity contribution in [3.8, 4) is 0 Å². The van der Waals surface area contributed by atoms with Crippen molar-refractivity contribution in [2.75, 3.05) is 31.6 Å². The molecule has 1 unspecified atom stereocenters. The highest BCUT2D eigenvalue weighted by molar-refractivity contribution is 5.45. The van der Waals surface area contributed by atoms with Crippen LogP contribution in [0.15, 0.2) is 24.3 Å². The SMILES string of the molecule is CCNC(C)(CO)CCCCN(C)c1ccc(F)cc1. The molecule has 4 heteroatoms. The van der Waals surface area contributed by atoms with Crippen molar-refractivity contribution in [2.24, 2.45) is 0 Å². The first-order valence-corrected chi connectivity index (χ1v) is 7.33. The van der Waals surface area contributed by atoms with Crippen LogP contribution in [0.5, 0.6) is 0 Å². The first kappa shape index (κ1) is 16.9. The zero-order valence-corrected chi connectivity index (χ0v) is 12.8. The molecular formula is C16H27FN2O. The van der Waals surface area contributed by atoms with Gasteiger partial charge in [-0.25, -0.2) is 4.39 Å². The van der Waals surface area contributed by atoms with Crippen molar-refractivity contribution in [3.63, 3.8) is 0 Å². The van der Waals surface area contributed by atoms with E-state index in [1.807, 2.05) is 7.05 Å². The van der Waals surface area contributed by atoms with Crippen molar-refractivity contribution in [3.05, 3.63) is 30.1 Å². The molecule has 1 rings (SSSR count). The summed E-state index contributed by atoms with van der Waals surface area (Å²) in [5, 5.41) is 12.7. The van der Waals surface area contributed by atoms with Gasteiger partial charge in [-0.1, -0.05) is 6.92 Å². The number of likely N-dealkylation sites (N-methyl/N-ethyl adjacent to an activating group) is 1. The number of anilines is 1. The summed E-state index contributed by atoms with van der Waals surface area (Å²) in [5.74, 6) is -0.202. The largest absolute Gasteiger partial charge is 0.394 e. The highest BCUT2D eigenvalue weighted by Crippen LogP contribution is 2.16. The Hall–Kier alpha value is -1.13. The van der Waals surface area contributed by atoms with Crippen LogP contribution in [-0.2, 0) is 0 Å². The summed E-state index contributed by atoms with van der Waals surface area (Å²) in [7, 11) is 2.02. The summed E-state index contributed by atoms with van der Waals surface area (Å²) in [6.45, 7) is 6.07. The van der Waals surface area contributed by atoms with E-state index in [9.17, 15) is 9.50 Å². The number of rotatable bonds is 9. The van der Waals surface area contributed by atoms with Gasteiger partial charge in [-0.05, 0) is 57.0 Å². The molecule has 0 spiro atoms. The Labute approximate surface area is 121 Å². The molecule has 114 valence electrons. The fourth-order valence-corrected chi connectivity index (χ4v) is 2.34. The fourth-order valence-electron chi connectivity index (χ4n) is 2.34. The Morgan fingerprint density at radius 2 is 1.90 bits per heavy atom. The molecular weight excluding hydrogens is 255 g/mol. The summed E-state index contributed by atoms with van der Waals surface area (Å²) >= 11 is 0. The predicted molar refractivity (Wildman–Crippen MR) is 82.7 cm³/mol. The Morgan fingerprint density at radius 3 is 2.45 bits per heavy atom. The molecule has 0 aromatic heterocycles. The fraction of sp³-hybridized carbons (Fsp3) is 0.625. The van der Waals surface area contributed by atoms with Crippen LogP contribution in [0.4, 0.5) is 10.1 Å². The highest BCUT2D eigenvalue weighted by Gasteiger charge is 2.20. The topological polar surface area (TPSA) is 35.5 Å². The molecule has 1 atom stereocenters. The van der Waals surface area contributed by atoms with Crippen molar-refractivity contribution in [2.45, 2.75) is 38.6 Å². The molecule has 2 N–H and O–H groups in total. The van der Waals surface area contributed by atoms with E-state index in [1.165, 1.54) is 12.1 Å². The molecule has 0 amide bonds. The smallest absolute Gasteiger partial charge is 0.123 e. The Balaban J connectivity index is 2.31. The maximum absolute atomic E-state index is 12.9. The van der Waals surface area contributed by atoms with E-state index in [4.69, 9.17) is 0 Å². The summed E-state index contributed by atoms with van der Waals surface area (Å²) in [6, 6.07) is 6.57. The third kappa shape index (κ3) is 5.47. The van der Waals surface area contributed by atoms with E-state index in [-0.39, 0.29) is 18.0 Å².